The molecule has 0 saturated heterocycles. The predicted molar refractivity (Wildman–Crippen MR) is 81.2 cm³/mol. The Bertz CT molecular complexity index is 776. The summed E-state index contributed by atoms with van der Waals surface area (Å²) < 4.78 is 7.40. The quantitative estimate of drug-likeness (QED) is 0.586. The van der Waals surface area contributed by atoms with Crippen LogP contribution in [0.2, 0.25) is 0 Å². The van der Waals surface area contributed by atoms with Gasteiger partial charge in [-0.1, -0.05) is 22.0 Å². The molecule has 0 radical (unpaired) electrons. The summed E-state index contributed by atoms with van der Waals surface area (Å²) in [5, 5.41) is 2.52. The van der Waals surface area contributed by atoms with Crippen molar-refractivity contribution in [1.82, 2.24) is 0 Å². The Hall–Kier alpha value is -0.910. The van der Waals surface area contributed by atoms with E-state index < -0.39 is 0 Å². The Balaban J connectivity index is 2.37. The van der Waals surface area contributed by atoms with Crippen LogP contribution in [0.1, 0.15) is 0 Å². The molecular weight excluding hydrogens is 380 g/mol. The predicted octanol–water partition coefficient (Wildman–Crippen LogP) is 5.05. The lowest BCUT2D eigenvalue weighted by molar-refractivity contribution is 0.620. The van der Waals surface area contributed by atoms with Gasteiger partial charge in [0.2, 0.25) is 0 Å². The molecule has 0 fully saturated rings. The van der Waals surface area contributed by atoms with Gasteiger partial charge in [-0.2, -0.15) is 0 Å². The van der Waals surface area contributed by atoms with E-state index in [9.17, 15) is 4.79 Å². The van der Waals surface area contributed by atoms with Gasteiger partial charge in [0.05, 0.1) is 10.3 Å². The molecule has 1 aromatic carbocycles. The highest BCUT2D eigenvalue weighted by Crippen LogP contribution is 2.30. The molecule has 90 valence electrons. The van der Waals surface area contributed by atoms with Crippen molar-refractivity contribution >= 4 is 54.2 Å². The summed E-state index contributed by atoms with van der Waals surface area (Å²) in [6, 6.07) is 9.04. The number of rotatable bonds is 1. The van der Waals surface area contributed by atoms with E-state index in [1.54, 1.807) is 17.4 Å². The maximum atomic E-state index is 12.1. The highest BCUT2D eigenvalue weighted by atomic mass is 79.9. The topological polar surface area (TPSA) is 30.2 Å². The Morgan fingerprint density at radius 3 is 2.72 bits per heavy atom. The smallest absolute Gasteiger partial charge is 0.194 e. The fourth-order valence-corrected chi connectivity index (χ4v) is 3.81. The second-order valence-corrected chi connectivity index (χ2v) is 6.43. The third kappa shape index (κ3) is 2.06. The molecule has 0 N–H and O–H groups in total. The monoisotopic (exact) mass is 384 g/mol. The maximum absolute atomic E-state index is 12.1. The van der Waals surface area contributed by atoms with Crippen molar-refractivity contribution in [3.63, 3.8) is 0 Å². The van der Waals surface area contributed by atoms with Crippen LogP contribution < -0.4 is 5.43 Å². The third-order valence-electron chi connectivity index (χ3n) is 2.51. The van der Waals surface area contributed by atoms with Gasteiger partial charge in [-0.05, 0) is 39.5 Å². The SMILES string of the molecule is O=c1cc(-c2cccs2)oc2cc(Br)cc(Br)c12. The first-order valence-corrected chi connectivity index (χ1v) is 7.58. The van der Waals surface area contributed by atoms with Crippen molar-refractivity contribution < 1.29 is 4.42 Å². The van der Waals surface area contributed by atoms with Crippen molar-refractivity contribution in [1.29, 1.82) is 0 Å². The van der Waals surface area contributed by atoms with Gasteiger partial charge in [0, 0.05) is 15.0 Å². The Kier molecular flexibility index (Phi) is 3.13. The molecule has 2 heterocycles. The molecule has 0 amide bonds. The van der Waals surface area contributed by atoms with E-state index in [0.29, 0.717) is 16.7 Å². The van der Waals surface area contributed by atoms with Crippen molar-refractivity contribution in [3.05, 3.63) is 54.9 Å². The van der Waals surface area contributed by atoms with Crippen molar-refractivity contribution in [2.75, 3.05) is 0 Å². The van der Waals surface area contributed by atoms with Crippen LogP contribution in [-0.2, 0) is 0 Å². The summed E-state index contributed by atoms with van der Waals surface area (Å²) in [6.45, 7) is 0. The molecule has 3 aromatic rings. The molecule has 5 heteroatoms. The van der Waals surface area contributed by atoms with E-state index in [0.717, 1.165) is 13.8 Å². The number of hydrogen-bond acceptors (Lipinski definition) is 3. The first-order valence-electron chi connectivity index (χ1n) is 5.12. The lowest BCUT2D eigenvalue weighted by atomic mass is 10.2. The first-order chi connectivity index (χ1) is 8.65. The van der Waals surface area contributed by atoms with Crippen LogP contribution in [-0.4, -0.2) is 0 Å². The Morgan fingerprint density at radius 1 is 1.17 bits per heavy atom. The zero-order valence-electron chi connectivity index (χ0n) is 8.94. The summed E-state index contributed by atoms with van der Waals surface area (Å²) in [5.41, 5.74) is 0.533. The Labute approximate surface area is 124 Å². The minimum absolute atomic E-state index is 0.0426. The van der Waals surface area contributed by atoms with Gasteiger partial charge < -0.3 is 4.42 Å². The molecule has 0 unspecified atom stereocenters. The van der Waals surface area contributed by atoms with Crippen molar-refractivity contribution in [2.24, 2.45) is 0 Å². The fourth-order valence-electron chi connectivity index (χ4n) is 1.75. The van der Waals surface area contributed by atoms with Gasteiger partial charge in [-0.25, -0.2) is 0 Å². The molecule has 0 aliphatic carbocycles. The molecule has 0 aliphatic heterocycles. The largest absolute Gasteiger partial charge is 0.455 e. The number of halogens is 2. The fraction of sp³-hybridized carbons (Fsp3) is 0. The summed E-state index contributed by atoms with van der Waals surface area (Å²) in [7, 11) is 0. The molecule has 0 atom stereocenters. The van der Waals surface area contributed by atoms with Crippen LogP contribution in [0, 0.1) is 0 Å². The van der Waals surface area contributed by atoms with Crippen LogP contribution >= 0.6 is 43.2 Å². The minimum atomic E-state index is -0.0426. The minimum Gasteiger partial charge on any atom is -0.455 e. The highest BCUT2D eigenvalue weighted by Gasteiger charge is 2.11. The van der Waals surface area contributed by atoms with Gasteiger partial charge >= 0.3 is 0 Å². The van der Waals surface area contributed by atoms with Crippen molar-refractivity contribution in [2.45, 2.75) is 0 Å². The molecular formula is C13H6Br2O2S. The van der Waals surface area contributed by atoms with E-state index in [2.05, 4.69) is 31.9 Å². The molecule has 0 aliphatic rings. The number of thiophene rings is 1. The van der Waals surface area contributed by atoms with Gasteiger partial charge in [0.25, 0.3) is 0 Å². The van der Waals surface area contributed by atoms with Gasteiger partial charge in [0.1, 0.15) is 11.3 Å². The molecule has 18 heavy (non-hydrogen) atoms. The van der Waals surface area contributed by atoms with E-state index >= 15 is 0 Å². The van der Waals surface area contributed by atoms with Crippen LogP contribution in [0.15, 0.2) is 53.9 Å². The maximum Gasteiger partial charge on any atom is 0.194 e. The lowest BCUT2D eigenvalue weighted by Gasteiger charge is -2.03. The standard InChI is InChI=1S/C13H6Br2O2S/c14-7-4-8(15)13-9(16)6-10(17-11(13)5-7)12-2-1-3-18-12/h1-6H. The van der Waals surface area contributed by atoms with Gasteiger partial charge in [-0.15, -0.1) is 11.3 Å². The molecule has 2 nitrogen and oxygen atoms in total. The van der Waals surface area contributed by atoms with E-state index in [1.807, 2.05) is 23.6 Å². The van der Waals surface area contributed by atoms with E-state index in [1.165, 1.54) is 6.07 Å². The van der Waals surface area contributed by atoms with Crippen LogP contribution in [0.25, 0.3) is 21.6 Å². The molecule has 3 rings (SSSR count). The Morgan fingerprint density at radius 2 is 2.00 bits per heavy atom. The van der Waals surface area contributed by atoms with Crippen LogP contribution in [0.4, 0.5) is 0 Å². The highest BCUT2D eigenvalue weighted by molar-refractivity contribution is 9.11. The average Bonchev–Trinajstić information content (AvgIpc) is 2.80. The van der Waals surface area contributed by atoms with E-state index in [4.69, 9.17) is 4.42 Å². The van der Waals surface area contributed by atoms with Crippen molar-refractivity contribution in [3.8, 4) is 10.6 Å². The third-order valence-corrected chi connectivity index (χ3v) is 4.48. The van der Waals surface area contributed by atoms with Crippen LogP contribution in [0.3, 0.4) is 0 Å². The number of benzene rings is 1. The summed E-state index contributed by atoms with van der Waals surface area (Å²) in [5.74, 6) is 0.604. The zero-order chi connectivity index (χ0) is 12.7. The van der Waals surface area contributed by atoms with Gasteiger partial charge in [0.15, 0.2) is 5.43 Å². The molecule has 0 saturated carbocycles. The molecule has 0 bridgehead atoms. The molecule has 0 spiro atoms. The second-order valence-electron chi connectivity index (χ2n) is 3.71. The average molecular weight is 386 g/mol. The summed E-state index contributed by atoms with van der Waals surface area (Å²) in [4.78, 5) is 13.1. The van der Waals surface area contributed by atoms with Gasteiger partial charge in [-0.3, -0.25) is 4.79 Å². The van der Waals surface area contributed by atoms with Crippen LogP contribution in [0.5, 0.6) is 0 Å². The normalized spacial score (nSPS) is 11.0. The first kappa shape index (κ1) is 12.1. The summed E-state index contributed by atoms with van der Waals surface area (Å²) in [6.07, 6.45) is 0. The number of hydrogen-bond donors (Lipinski definition) is 0. The molecule has 2 aromatic heterocycles. The summed E-state index contributed by atoms with van der Waals surface area (Å²) >= 11 is 8.32. The lowest BCUT2D eigenvalue weighted by Crippen LogP contribution is -2.00. The zero-order valence-corrected chi connectivity index (χ0v) is 12.9. The number of fused-ring (bicyclic) bond motifs is 1. The second kappa shape index (κ2) is 4.64. The van der Waals surface area contributed by atoms with E-state index in [-0.39, 0.29) is 5.43 Å².